The van der Waals surface area contributed by atoms with E-state index in [-0.39, 0.29) is 17.2 Å². The van der Waals surface area contributed by atoms with Gasteiger partial charge in [-0.25, -0.2) is 4.79 Å². The highest BCUT2D eigenvalue weighted by atomic mass is 79.9. The van der Waals surface area contributed by atoms with Gasteiger partial charge < -0.3 is 10.4 Å². The minimum Gasteiger partial charge on any atom is -0.478 e. The second-order valence-electron chi connectivity index (χ2n) is 4.77. The molecule has 108 valence electrons. The summed E-state index contributed by atoms with van der Waals surface area (Å²) in [6.07, 6.45) is 0. The van der Waals surface area contributed by atoms with Crippen LogP contribution in [0.25, 0.3) is 0 Å². The number of aryl methyl sites for hydroxylation is 2. The number of carbonyl (C=O) groups excluding carboxylic acids is 1. The molecule has 4 nitrogen and oxygen atoms in total. The number of carbonyl (C=O) groups is 2. The maximum atomic E-state index is 12.3. The Kier molecular flexibility index (Phi) is 4.43. The molecule has 1 amide bonds. The molecule has 0 heterocycles. The van der Waals surface area contributed by atoms with Crippen LogP contribution in [0.4, 0.5) is 5.69 Å². The summed E-state index contributed by atoms with van der Waals surface area (Å²) in [5.41, 5.74) is 2.76. The molecule has 0 saturated carbocycles. The molecule has 0 fully saturated rings. The van der Waals surface area contributed by atoms with Crippen LogP contribution in [0.5, 0.6) is 0 Å². The van der Waals surface area contributed by atoms with Crippen LogP contribution in [-0.4, -0.2) is 17.0 Å². The van der Waals surface area contributed by atoms with Crippen molar-refractivity contribution in [1.82, 2.24) is 0 Å². The number of benzene rings is 2. The summed E-state index contributed by atoms with van der Waals surface area (Å²) in [6.45, 7) is 3.80. The van der Waals surface area contributed by atoms with Gasteiger partial charge in [-0.3, -0.25) is 4.79 Å². The number of halogens is 1. The summed E-state index contributed by atoms with van der Waals surface area (Å²) < 4.78 is 0.643. The lowest BCUT2D eigenvalue weighted by Crippen LogP contribution is -2.16. The second kappa shape index (κ2) is 6.10. The summed E-state index contributed by atoms with van der Waals surface area (Å²) in [6, 6.07) is 10.2. The van der Waals surface area contributed by atoms with E-state index >= 15 is 0 Å². The number of nitrogens with one attached hydrogen (secondary N) is 1. The third-order valence-electron chi connectivity index (χ3n) is 3.09. The van der Waals surface area contributed by atoms with Crippen LogP contribution in [0.15, 0.2) is 40.9 Å². The molecule has 0 spiro atoms. The van der Waals surface area contributed by atoms with Crippen molar-refractivity contribution < 1.29 is 14.7 Å². The van der Waals surface area contributed by atoms with Crippen LogP contribution in [0, 0.1) is 13.8 Å². The maximum absolute atomic E-state index is 12.3. The molecule has 2 N–H and O–H groups in total. The van der Waals surface area contributed by atoms with Crippen LogP contribution < -0.4 is 5.32 Å². The van der Waals surface area contributed by atoms with E-state index in [1.807, 2.05) is 26.0 Å². The fourth-order valence-corrected chi connectivity index (χ4v) is 2.42. The Bertz CT molecular complexity index is 725. The topological polar surface area (TPSA) is 66.4 Å². The van der Waals surface area contributed by atoms with Gasteiger partial charge in [-0.15, -0.1) is 0 Å². The monoisotopic (exact) mass is 347 g/mol. The smallest absolute Gasteiger partial charge is 0.337 e. The minimum absolute atomic E-state index is 0.0440. The average Bonchev–Trinajstić information content (AvgIpc) is 2.40. The third kappa shape index (κ3) is 3.49. The van der Waals surface area contributed by atoms with Crippen molar-refractivity contribution in [3.05, 3.63) is 63.1 Å². The number of amides is 1. The molecular formula is C16H14BrNO3. The lowest BCUT2D eigenvalue weighted by molar-refractivity contribution is 0.0698. The Morgan fingerprint density at radius 2 is 1.76 bits per heavy atom. The molecular weight excluding hydrogens is 334 g/mol. The Morgan fingerprint density at radius 1 is 1.05 bits per heavy atom. The molecule has 0 unspecified atom stereocenters. The molecule has 0 aliphatic heterocycles. The molecule has 0 radical (unpaired) electrons. The second-order valence-corrected chi connectivity index (χ2v) is 5.68. The first kappa shape index (κ1) is 15.3. The molecule has 2 aromatic carbocycles. The van der Waals surface area contributed by atoms with E-state index in [4.69, 9.17) is 0 Å². The van der Waals surface area contributed by atoms with Crippen molar-refractivity contribution in [3.63, 3.8) is 0 Å². The first-order chi connectivity index (χ1) is 9.88. The highest BCUT2D eigenvalue weighted by Crippen LogP contribution is 2.22. The standard InChI is InChI=1S/C16H14BrNO3/c1-9-3-5-12(10(2)7-9)15(19)18-14-6-4-11(17)8-13(14)16(20)21/h3-8H,1-2H3,(H,18,19)(H,20,21). The number of carboxylic acid groups (broad SMARTS) is 1. The highest BCUT2D eigenvalue weighted by Gasteiger charge is 2.15. The number of anilines is 1. The molecule has 0 saturated heterocycles. The number of hydrogen-bond acceptors (Lipinski definition) is 2. The summed E-state index contributed by atoms with van der Waals surface area (Å²) >= 11 is 3.22. The lowest BCUT2D eigenvalue weighted by Gasteiger charge is -2.11. The van der Waals surface area contributed by atoms with Crippen molar-refractivity contribution in [3.8, 4) is 0 Å². The van der Waals surface area contributed by atoms with Gasteiger partial charge in [-0.05, 0) is 43.7 Å². The van der Waals surface area contributed by atoms with Gasteiger partial charge in [0.1, 0.15) is 0 Å². The van der Waals surface area contributed by atoms with Crippen molar-refractivity contribution in [2.75, 3.05) is 5.32 Å². The predicted molar refractivity (Wildman–Crippen MR) is 85.0 cm³/mol. The molecule has 21 heavy (non-hydrogen) atoms. The van der Waals surface area contributed by atoms with E-state index in [0.29, 0.717) is 10.0 Å². The minimum atomic E-state index is -1.09. The van der Waals surface area contributed by atoms with Gasteiger partial charge in [0.15, 0.2) is 0 Å². The van der Waals surface area contributed by atoms with Crippen LogP contribution in [-0.2, 0) is 0 Å². The van der Waals surface area contributed by atoms with Crippen molar-refractivity contribution in [2.24, 2.45) is 0 Å². The van der Waals surface area contributed by atoms with E-state index in [1.54, 1.807) is 18.2 Å². The van der Waals surface area contributed by atoms with Gasteiger partial charge in [-0.1, -0.05) is 33.6 Å². The first-order valence-corrected chi connectivity index (χ1v) is 7.09. The molecule has 5 heteroatoms. The van der Waals surface area contributed by atoms with Gasteiger partial charge in [0, 0.05) is 10.0 Å². The fourth-order valence-electron chi connectivity index (χ4n) is 2.06. The van der Waals surface area contributed by atoms with E-state index in [0.717, 1.165) is 11.1 Å². The zero-order chi connectivity index (χ0) is 15.6. The van der Waals surface area contributed by atoms with Gasteiger partial charge in [0.05, 0.1) is 11.3 Å². The largest absolute Gasteiger partial charge is 0.478 e. The van der Waals surface area contributed by atoms with Crippen molar-refractivity contribution in [2.45, 2.75) is 13.8 Å². The van der Waals surface area contributed by atoms with Gasteiger partial charge in [-0.2, -0.15) is 0 Å². The summed E-state index contributed by atoms with van der Waals surface area (Å²) in [5, 5.41) is 11.8. The summed E-state index contributed by atoms with van der Waals surface area (Å²) in [5.74, 6) is -1.41. The summed E-state index contributed by atoms with van der Waals surface area (Å²) in [7, 11) is 0. The molecule has 0 aliphatic rings. The van der Waals surface area contributed by atoms with Gasteiger partial charge in [0.2, 0.25) is 0 Å². The predicted octanol–water partition coefficient (Wildman–Crippen LogP) is 4.02. The average molecular weight is 348 g/mol. The van der Waals surface area contributed by atoms with E-state index in [9.17, 15) is 14.7 Å². The van der Waals surface area contributed by atoms with E-state index in [1.165, 1.54) is 6.07 Å². The zero-order valence-electron chi connectivity index (χ0n) is 11.6. The SMILES string of the molecule is Cc1ccc(C(=O)Nc2ccc(Br)cc2C(=O)O)c(C)c1. The molecule has 2 aromatic rings. The Balaban J connectivity index is 2.34. The number of carboxylic acids is 1. The van der Waals surface area contributed by atoms with Crippen molar-refractivity contribution in [1.29, 1.82) is 0 Å². The van der Waals surface area contributed by atoms with E-state index in [2.05, 4.69) is 21.2 Å². The number of aromatic carboxylic acids is 1. The Hall–Kier alpha value is -2.14. The molecule has 0 aliphatic carbocycles. The van der Waals surface area contributed by atoms with Crippen LogP contribution >= 0.6 is 15.9 Å². The Labute approximate surface area is 130 Å². The molecule has 0 atom stereocenters. The zero-order valence-corrected chi connectivity index (χ0v) is 13.2. The van der Waals surface area contributed by atoms with Crippen LogP contribution in [0.1, 0.15) is 31.8 Å². The van der Waals surface area contributed by atoms with Gasteiger partial charge >= 0.3 is 5.97 Å². The molecule has 2 rings (SSSR count). The third-order valence-corrected chi connectivity index (χ3v) is 3.58. The number of hydrogen-bond donors (Lipinski definition) is 2. The van der Waals surface area contributed by atoms with Gasteiger partial charge in [0.25, 0.3) is 5.91 Å². The maximum Gasteiger partial charge on any atom is 0.337 e. The Morgan fingerprint density at radius 3 is 2.38 bits per heavy atom. The highest BCUT2D eigenvalue weighted by molar-refractivity contribution is 9.10. The number of rotatable bonds is 3. The quantitative estimate of drug-likeness (QED) is 0.881. The summed E-state index contributed by atoms with van der Waals surface area (Å²) in [4.78, 5) is 23.5. The van der Waals surface area contributed by atoms with E-state index < -0.39 is 5.97 Å². The van der Waals surface area contributed by atoms with Crippen LogP contribution in [0.2, 0.25) is 0 Å². The first-order valence-electron chi connectivity index (χ1n) is 6.30. The van der Waals surface area contributed by atoms with Crippen LogP contribution in [0.3, 0.4) is 0 Å². The lowest BCUT2D eigenvalue weighted by atomic mass is 10.0. The molecule has 0 aromatic heterocycles. The fraction of sp³-hybridized carbons (Fsp3) is 0.125. The normalized spacial score (nSPS) is 10.2. The van der Waals surface area contributed by atoms with Crippen molar-refractivity contribution >= 4 is 33.5 Å². The molecule has 0 bridgehead atoms.